The van der Waals surface area contributed by atoms with Crippen LogP contribution in [-0.4, -0.2) is 12.1 Å². The number of hydrogen-bond donors (Lipinski definition) is 1. The Morgan fingerprint density at radius 3 is 2.31 bits per heavy atom. The molecule has 0 aromatic rings. The SMILES string of the molecule is CCC(CC)CC1(CC)CCCN1. The Kier molecular flexibility index (Phi) is 4.24. The van der Waals surface area contributed by atoms with Gasteiger partial charge in [-0.05, 0) is 38.1 Å². The molecule has 1 aliphatic rings. The van der Waals surface area contributed by atoms with Gasteiger partial charge >= 0.3 is 0 Å². The summed E-state index contributed by atoms with van der Waals surface area (Å²) in [4.78, 5) is 0. The third-order valence-corrected chi connectivity index (χ3v) is 3.84. The van der Waals surface area contributed by atoms with E-state index in [9.17, 15) is 0 Å². The molecule has 1 N–H and O–H groups in total. The second-order valence-corrected chi connectivity index (χ2v) is 4.55. The van der Waals surface area contributed by atoms with Crippen LogP contribution < -0.4 is 5.32 Å². The third kappa shape index (κ3) is 2.70. The van der Waals surface area contributed by atoms with Crippen molar-refractivity contribution in [2.24, 2.45) is 5.92 Å². The minimum atomic E-state index is 0.511. The summed E-state index contributed by atoms with van der Waals surface area (Å²) in [6.07, 6.45) is 8.19. The lowest BCUT2D eigenvalue weighted by molar-refractivity contribution is 0.265. The average Bonchev–Trinajstić information content (AvgIpc) is 2.63. The van der Waals surface area contributed by atoms with Gasteiger partial charge in [-0.25, -0.2) is 0 Å². The molecule has 0 bridgehead atoms. The standard InChI is InChI=1S/C12H25N/c1-4-11(5-2)10-12(6-3)8-7-9-13-12/h11,13H,4-10H2,1-3H3. The van der Waals surface area contributed by atoms with E-state index < -0.39 is 0 Å². The average molecular weight is 183 g/mol. The molecule has 0 amide bonds. The van der Waals surface area contributed by atoms with Gasteiger partial charge in [-0.15, -0.1) is 0 Å². The largest absolute Gasteiger partial charge is 0.311 e. The zero-order valence-corrected chi connectivity index (χ0v) is 9.53. The Labute approximate surface area is 83.3 Å². The highest BCUT2D eigenvalue weighted by atomic mass is 15.0. The van der Waals surface area contributed by atoms with Gasteiger partial charge in [-0.2, -0.15) is 0 Å². The number of rotatable bonds is 5. The van der Waals surface area contributed by atoms with Gasteiger partial charge in [0.05, 0.1) is 0 Å². The first-order valence-corrected chi connectivity index (χ1v) is 6.01. The summed E-state index contributed by atoms with van der Waals surface area (Å²) >= 11 is 0. The molecule has 1 saturated heterocycles. The predicted octanol–water partition coefficient (Wildman–Crippen LogP) is 3.34. The molecule has 0 aromatic carbocycles. The van der Waals surface area contributed by atoms with E-state index in [1.165, 1.54) is 45.1 Å². The highest BCUT2D eigenvalue weighted by Gasteiger charge is 2.32. The zero-order chi connectivity index (χ0) is 9.73. The summed E-state index contributed by atoms with van der Waals surface area (Å²) in [5.41, 5.74) is 0.511. The number of hydrogen-bond acceptors (Lipinski definition) is 1. The van der Waals surface area contributed by atoms with E-state index in [0.29, 0.717) is 5.54 Å². The van der Waals surface area contributed by atoms with Crippen LogP contribution in [0.25, 0.3) is 0 Å². The Morgan fingerprint density at radius 2 is 1.92 bits per heavy atom. The fourth-order valence-corrected chi connectivity index (χ4v) is 2.62. The molecule has 1 heteroatoms. The molecule has 1 rings (SSSR count). The van der Waals surface area contributed by atoms with E-state index >= 15 is 0 Å². The van der Waals surface area contributed by atoms with E-state index in [2.05, 4.69) is 26.1 Å². The smallest absolute Gasteiger partial charge is 0.0182 e. The quantitative estimate of drug-likeness (QED) is 0.689. The first-order chi connectivity index (χ1) is 6.26. The van der Waals surface area contributed by atoms with Gasteiger partial charge < -0.3 is 5.32 Å². The molecule has 1 fully saturated rings. The monoisotopic (exact) mass is 183 g/mol. The van der Waals surface area contributed by atoms with Crippen LogP contribution in [0.4, 0.5) is 0 Å². The fourth-order valence-electron chi connectivity index (χ4n) is 2.62. The summed E-state index contributed by atoms with van der Waals surface area (Å²) in [6, 6.07) is 0. The molecule has 78 valence electrons. The Balaban J connectivity index is 2.46. The van der Waals surface area contributed by atoms with Crippen molar-refractivity contribution in [3.63, 3.8) is 0 Å². The van der Waals surface area contributed by atoms with Gasteiger partial charge in [0.15, 0.2) is 0 Å². The highest BCUT2D eigenvalue weighted by Crippen LogP contribution is 2.32. The van der Waals surface area contributed by atoms with Crippen LogP contribution in [0.2, 0.25) is 0 Å². The lowest BCUT2D eigenvalue weighted by Crippen LogP contribution is -2.40. The minimum Gasteiger partial charge on any atom is -0.311 e. The molecule has 1 atom stereocenters. The van der Waals surface area contributed by atoms with Crippen LogP contribution in [0.3, 0.4) is 0 Å². The maximum Gasteiger partial charge on any atom is 0.0182 e. The van der Waals surface area contributed by atoms with E-state index in [0.717, 1.165) is 5.92 Å². The lowest BCUT2D eigenvalue weighted by atomic mass is 9.82. The van der Waals surface area contributed by atoms with E-state index in [1.54, 1.807) is 0 Å². The van der Waals surface area contributed by atoms with E-state index in [-0.39, 0.29) is 0 Å². The molecule has 13 heavy (non-hydrogen) atoms. The number of nitrogens with one attached hydrogen (secondary N) is 1. The van der Waals surface area contributed by atoms with Gasteiger partial charge in [0.1, 0.15) is 0 Å². The molecule has 0 spiro atoms. The van der Waals surface area contributed by atoms with Crippen molar-refractivity contribution in [3.05, 3.63) is 0 Å². The molecule has 1 unspecified atom stereocenters. The molecule has 0 aromatic heterocycles. The minimum absolute atomic E-state index is 0.511. The van der Waals surface area contributed by atoms with Crippen LogP contribution in [0, 0.1) is 5.92 Å². The van der Waals surface area contributed by atoms with E-state index in [4.69, 9.17) is 0 Å². The second-order valence-electron chi connectivity index (χ2n) is 4.55. The van der Waals surface area contributed by atoms with Crippen LogP contribution in [-0.2, 0) is 0 Å². The van der Waals surface area contributed by atoms with Crippen molar-refractivity contribution in [2.45, 2.75) is 64.8 Å². The van der Waals surface area contributed by atoms with E-state index in [1.807, 2.05) is 0 Å². The first kappa shape index (κ1) is 11.0. The molecule has 0 saturated carbocycles. The molecule has 0 radical (unpaired) electrons. The van der Waals surface area contributed by atoms with Crippen LogP contribution >= 0.6 is 0 Å². The predicted molar refractivity (Wildman–Crippen MR) is 58.9 cm³/mol. The summed E-state index contributed by atoms with van der Waals surface area (Å²) in [7, 11) is 0. The van der Waals surface area contributed by atoms with Crippen LogP contribution in [0.1, 0.15) is 59.3 Å². The lowest BCUT2D eigenvalue weighted by Gasteiger charge is -2.32. The Morgan fingerprint density at radius 1 is 1.23 bits per heavy atom. The Bertz CT molecular complexity index is 132. The van der Waals surface area contributed by atoms with Crippen LogP contribution in [0.5, 0.6) is 0 Å². The normalized spacial score (nSPS) is 28.6. The first-order valence-electron chi connectivity index (χ1n) is 6.01. The van der Waals surface area contributed by atoms with Gasteiger partial charge in [-0.1, -0.05) is 33.6 Å². The van der Waals surface area contributed by atoms with Crippen molar-refractivity contribution >= 4 is 0 Å². The van der Waals surface area contributed by atoms with Crippen molar-refractivity contribution < 1.29 is 0 Å². The maximum atomic E-state index is 3.72. The summed E-state index contributed by atoms with van der Waals surface area (Å²) in [5.74, 6) is 0.936. The zero-order valence-electron chi connectivity index (χ0n) is 9.53. The van der Waals surface area contributed by atoms with Gasteiger partial charge in [0, 0.05) is 5.54 Å². The van der Waals surface area contributed by atoms with Crippen molar-refractivity contribution in [3.8, 4) is 0 Å². The second kappa shape index (κ2) is 4.99. The molecule has 1 nitrogen and oxygen atoms in total. The van der Waals surface area contributed by atoms with Gasteiger partial charge in [0.25, 0.3) is 0 Å². The Hall–Kier alpha value is -0.0400. The molecule has 0 aliphatic carbocycles. The summed E-state index contributed by atoms with van der Waals surface area (Å²) < 4.78 is 0. The van der Waals surface area contributed by atoms with Crippen molar-refractivity contribution in [1.29, 1.82) is 0 Å². The summed E-state index contributed by atoms with van der Waals surface area (Å²) in [5, 5.41) is 3.72. The van der Waals surface area contributed by atoms with Gasteiger partial charge in [0.2, 0.25) is 0 Å². The molecular formula is C12H25N. The summed E-state index contributed by atoms with van der Waals surface area (Å²) in [6.45, 7) is 8.23. The van der Waals surface area contributed by atoms with Crippen molar-refractivity contribution in [1.82, 2.24) is 5.32 Å². The molecule has 1 heterocycles. The maximum absolute atomic E-state index is 3.72. The van der Waals surface area contributed by atoms with Crippen molar-refractivity contribution in [2.75, 3.05) is 6.54 Å². The molecule has 1 aliphatic heterocycles. The van der Waals surface area contributed by atoms with Crippen LogP contribution in [0.15, 0.2) is 0 Å². The third-order valence-electron chi connectivity index (χ3n) is 3.84. The van der Waals surface area contributed by atoms with Gasteiger partial charge in [-0.3, -0.25) is 0 Å². The molecular weight excluding hydrogens is 158 g/mol. The fraction of sp³-hybridized carbons (Fsp3) is 1.00. The highest BCUT2D eigenvalue weighted by molar-refractivity contribution is 4.92. The topological polar surface area (TPSA) is 12.0 Å².